The Morgan fingerprint density at radius 2 is 2.00 bits per heavy atom. The van der Waals surface area contributed by atoms with E-state index in [9.17, 15) is 9.59 Å². The van der Waals surface area contributed by atoms with Crippen LogP contribution in [0.3, 0.4) is 0 Å². The van der Waals surface area contributed by atoms with E-state index in [0.717, 1.165) is 34.7 Å². The Bertz CT molecular complexity index is 830. The number of morpholine rings is 1. The van der Waals surface area contributed by atoms with Crippen molar-refractivity contribution < 1.29 is 19.1 Å². The summed E-state index contributed by atoms with van der Waals surface area (Å²) in [6.45, 7) is 8.41. The van der Waals surface area contributed by atoms with Crippen LogP contribution < -0.4 is 10.2 Å². The fraction of sp³-hybridized carbons (Fsp3) is 0.529. The lowest BCUT2D eigenvalue weighted by Crippen LogP contribution is -2.37. The van der Waals surface area contributed by atoms with Crippen molar-refractivity contribution in [2.45, 2.75) is 20.8 Å². The van der Waals surface area contributed by atoms with E-state index in [2.05, 4.69) is 20.2 Å². The summed E-state index contributed by atoms with van der Waals surface area (Å²) in [6, 6.07) is 0. The number of esters is 1. The molecule has 0 saturated carbocycles. The normalized spacial score (nSPS) is 14.5. The van der Waals surface area contributed by atoms with Crippen LogP contribution in [0.4, 0.5) is 5.82 Å². The lowest BCUT2D eigenvalue weighted by atomic mass is 10.2. The van der Waals surface area contributed by atoms with Crippen LogP contribution in [-0.2, 0) is 14.3 Å². The van der Waals surface area contributed by atoms with E-state index in [-0.39, 0.29) is 19.1 Å². The largest absolute Gasteiger partial charge is 0.465 e. The van der Waals surface area contributed by atoms with Gasteiger partial charge in [0.25, 0.3) is 5.91 Å². The van der Waals surface area contributed by atoms with Gasteiger partial charge in [0.15, 0.2) is 0 Å². The van der Waals surface area contributed by atoms with Crippen LogP contribution in [0.2, 0.25) is 0 Å². The molecular weight excluding hydrogens is 356 g/mol. The molecule has 9 heteroatoms. The van der Waals surface area contributed by atoms with Gasteiger partial charge in [-0.1, -0.05) is 0 Å². The van der Waals surface area contributed by atoms with Crippen LogP contribution in [-0.4, -0.2) is 61.3 Å². The maximum Gasteiger partial charge on any atom is 0.325 e. The number of carbonyl (C=O) groups is 2. The Kier molecular flexibility index (Phi) is 5.67. The molecule has 1 fully saturated rings. The van der Waals surface area contributed by atoms with Crippen molar-refractivity contribution in [1.29, 1.82) is 0 Å². The van der Waals surface area contributed by atoms with Gasteiger partial charge in [-0.3, -0.25) is 9.59 Å². The second kappa shape index (κ2) is 7.96. The third-order valence-electron chi connectivity index (χ3n) is 4.10. The monoisotopic (exact) mass is 378 g/mol. The number of anilines is 1. The van der Waals surface area contributed by atoms with E-state index < -0.39 is 5.97 Å². The van der Waals surface area contributed by atoms with Crippen LogP contribution in [0.25, 0.3) is 10.2 Å². The van der Waals surface area contributed by atoms with Gasteiger partial charge in [-0.25, -0.2) is 9.97 Å². The summed E-state index contributed by atoms with van der Waals surface area (Å²) in [4.78, 5) is 36.6. The number of fused-ring (bicyclic) bond motifs is 1. The number of nitrogens with one attached hydrogen (secondary N) is 1. The maximum absolute atomic E-state index is 12.5. The number of rotatable bonds is 5. The van der Waals surface area contributed by atoms with Crippen molar-refractivity contribution in [3.8, 4) is 0 Å². The molecule has 1 saturated heterocycles. The molecule has 1 aliphatic rings. The van der Waals surface area contributed by atoms with Gasteiger partial charge in [0.2, 0.25) is 0 Å². The second-order valence-corrected chi connectivity index (χ2v) is 6.92. The van der Waals surface area contributed by atoms with E-state index in [0.29, 0.717) is 23.9 Å². The molecule has 1 N–H and O–H groups in total. The SMILES string of the molecule is CCOC(=O)CNC(=O)c1sc2nc(C)nc(N3CCOCC3)c2c1C. The lowest BCUT2D eigenvalue weighted by molar-refractivity contribution is -0.141. The highest BCUT2D eigenvalue weighted by Gasteiger charge is 2.24. The molecule has 1 aliphatic heterocycles. The molecule has 3 rings (SSSR count). The van der Waals surface area contributed by atoms with Gasteiger partial charge in [0.1, 0.15) is 23.0 Å². The van der Waals surface area contributed by atoms with Crippen molar-refractivity contribution >= 4 is 39.2 Å². The van der Waals surface area contributed by atoms with E-state index in [1.807, 2.05) is 13.8 Å². The first kappa shape index (κ1) is 18.5. The minimum atomic E-state index is -0.454. The standard InChI is InChI=1S/C17H22N4O4S/c1-4-25-12(22)9-18-16(23)14-10(2)13-15(21-5-7-24-8-6-21)19-11(3)20-17(13)26-14/h4-9H2,1-3H3,(H,18,23). The highest BCUT2D eigenvalue weighted by molar-refractivity contribution is 7.20. The third kappa shape index (κ3) is 3.78. The van der Waals surface area contributed by atoms with Gasteiger partial charge in [0.05, 0.1) is 30.1 Å². The molecule has 140 valence electrons. The Morgan fingerprint density at radius 3 is 2.69 bits per heavy atom. The molecule has 0 bridgehead atoms. The first-order valence-corrected chi connectivity index (χ1v) is 9.37. The summed E-state index contributed by atoms with van der Waals surface area (Å²) in [5.74, 6) is 0.751. The molecule has 0 atom stereocenters. The molecule has 0 aromatic carbocycles. The van der Waals surface area contributed by atoms with Crippen LogP contribution in [0.1, 0.15) is 28.0 Å². The number of thiophene rings is 1. The Morgan fingerprint density at radius 1 is 1.27 bits per heavy atom. The Labute approximate surface area is 155 Å². The zero-order valence-electron chi connectivity index (χ0n) is 15.1. The van der Waals surface area contributed by atoms with Crippen molar-refractivity contribution in [2.75, 3.05) is 44.4 Å². The number of aromatic nitrogens is 2. The minimum absolute atomic E-state index is 0.151. The molecule has 2 aromatic heterocycles. The maximum atomic E-state index is 12.5. The van der Waals surface area contributed by atoms with Crippen molar-refractivity contribution in [3.05, 3.63) is 16.3 Å². The van der Waals surface area contributed by atoms with Crippen LogP contribution in [0.5, 0.6) is 0 Å². The average Bonchev–Trinajstić information content (AvgIpc) is 2.96. The van der Waals surface area contributed by atoms with Gasteiger partial charge in [0, 0.05) is 13.1 Å². The second-order valence-electron chi connectivity index (χ2n) is 5.92. The van der Waals surface area contributed by atoms with E-state index in [1.54, 1.807) is 6.92 Å². The van der Waals surface area contributed by atoms with Gasteiger partial charge < -0.3 is 19.7 Å². The molecule has 8 nitrogen and oxygen atoms in total. The first-order valence-electron chi connectivity index (χ1n) is 8.55. The molecule has 3 heterocycles. The predicted octanol–water partition coefficient (Wildman–Crippen LogP) is 1.44. The smallest absolute Gasteiger partial charge is 0.325 e. The van der Waals surface area contributed by atoms with Crippen LogP contribution in [0, 0.1) is 13.8 Å². The van der Waals surface area contributed by atoms with Gasteiger partial charge in [-0.05, 0) is 26.3 Å². The highest BCUT2D eigenvalue weighted by atomic mass is 32.1. The van der Waals surface area contributed by atoms with Crippen molar-refractivity contribution in [2.24, 2.45) is 0 Å². The number of carbonyl (C=O) groups excluding carboxylic acids is 2. The zero-order valence-corrected chi connectivity index (χ0v) is 15.9. The number of ether oxygens (including phenoxy) is 2. The van der Waals surface area contributed by atoms with Crippen LogP contribution >= 0.6 is 11.3 Å². The zero-order chi connectivity index (χ0) is 18.7. The summed E-state index contributed by atoms with van der Waals surface area (Å²) >= 11 is 1.32. The van der Waals surface area contributed by atoms with Crippen LogP contribution in [0.15, 0.2) is 0 Å². The Balaban J connectivity index is 1.92. The number of hydrogen-bond acceptors (Lipinski definition) is 8. The van der Waals surface area contributed by atoms with Crippen molar-refractivity contribution in [1.82, 2.24) is 15.3 Å². The summed E-state index contributed by atoms with van der Waals surface area (Å²) in [6.07, 6.45) is 0. The molecule has 0 radical (unpaired) electrons. The molecule has 0 unspecified atom stereocenters. The summed E-state index contributed by atoms with van der Waals surface area (Å²) in [5, 5.41) is 3.51. The first-order chi connectivity index (χ1) is 12.5. The van der Waals surface area contributed by atoms with Gasteiger partial charge in [-0.2, -0.15) is 0 Å². The summed E-state index contributed by atoms with van der Waals surface area (Å²) in [5.41, 5.74) is 0.827. The lowest BCUT2D eigenvalue weighted by Gasteiger charge is -2.28. The number of aryl methyl sites for hydroxylation is 2. The van der Waals surface area contributed by atoms with E-state index in [4.69, 9.17) is 9.47 Å². The van der Waals surface area contributed by atoms with E-state index in [1.165, 1.54) is 11.3 Å². The number of amides is 1. The van der Waals surface area contributed by atoms with Gasteiger partial charge >= 0.3 is 5.97 Å². The average molecular weight is 378 g/mol. The Hall–Kier alpha value is -2.26. The fourth-order valence-electron chi connectivity index (χ4n) is 2.89. The topological polar surface area (TPSA) is 93.6 Å². The molecule has 0 aliphatic carbocycles. The third-order valence-corrected chi connectivity index (χ3v) is 5.28. The summed E-state index contributed by atoms with van der Waals surface area (Å²) in [7, 11) is 0. The molecule has 2 aromatic rings. The van der Waals surface area contributed by atoms with Gasteiger partial charge in [-0.15, -0.1) is 11.3 Å². The predicted molar refractivity (Wildman–Crippen MR) is 98.9 cm³/mol. The number of nitrogens with zero attached hydrogens (tertiary/aromatic N) is 3. The summed E-state index contributed by atoms with van der Waals surface area (Å²) < 4.78 is 10.3. The molecular formula is C17H22N4O4S. The number of hydrogen-bond donors (Lipinski definition) is 1. The quantitative estimate of drug-likeness (QED) is 0.787. The molecule has 26 heavy (non-hydrogen) atoms. The fourth-order valence-corrected chi connectivity index (χ4v) is 4.02. The molecule has 0 spiro atoms. The molecule has 1 amide bonds. The van der Waals surface area contributed by atoms with E-state index >= 15 is 0 Å². The minimum Gasteiger partial charge on any atom is -0.465 e. The van der Waals surface area contributed by atoms with Crippen molar-refractivity contribution in [3.63, 3.8) is 0 Å². The highest BCUT2D eigenvalue weighted by Crippen LogP contribution is 2.35.